The maximum atomic E-state index is 2.43. The van der Waals surface area contributed by atoms with Gasteiger partial charge in [-0.15, -0.1) is 0 Å². The Morgan fingerprint density at radius 2 is 1.00 bits per heavy atom. The fraction of sp³-hybridized carbons (Fsp3) is 0.167. The molecule has 2 aromatic rings. The molecule has 1 heterocycles. The third kappa shape index (κ3) is 2.29. The Bertz CT molecular complexity index is 847. The number of rotatable bonds is 2. The standard InChI is InChI=1S/C12H12.2C6H5.Zr/c1-2-6-11(5-1)9-10-12-7-3-4-8-12;2*1-2-4-6-5-3-1;/h1,3,5,7H,2,4,9-10H2;2*1-5H;. The molecule has 0 spiro atoms. The van der Waals surface area contributed by atoms with Crippen LogP contribution in [0.4, 0.5) is 0 Å². The van der Waals surface area contributed by atoms with Gasteiger partial charge in [0.15, 0.2) is 0 Å². The van der Waals surface area contributed by atoms with E-state index in [2.05, 4.69) is 85.0 Å². The Kier molecular flexibility index (Phi) is 3.86. The minimum atomic E-state index is -3.13. The molecule has 1 heteroatoms. The molecular formula is C24H22Zr. The zero-order chi connectivity index (χ0) is 16.7. The van der Waals surface area contributed by atoms with E-state index >= 15 is 0 Å². The van der Waals surface area contributed by atoms with Crippen LogP contribution in [0.3, 0.4) is 0 Å². The van der Waals surface area contributed by atoms with E-state index in [1.54, 1.807) is 24.3 Å². The monoisotopic (exact) mass is 400 g/mol. The van der Waals surface area contributed by atoms with Crippen molar-refractivity contribution in [2.45, 2.75) is 25.7 Å². The van der Waals surface area contributed by atoms with E-state index in [4.69, 9.17) is 0 Å². The first kappa shape index (κ1) is 15.5. The first-order chi connectivity index (χ1) is 12.4. The van der Waals surface area contributed by atoms with Crippen molar-refractivity contribution in [1.29, 1.82) is 0 Å². The Hall–Kier alpha value is -1.72. The summed E-state index contributed by atoms with van der Waals surface area (Å²) in [5.74, 6) is 0. The second-order valence-corrected chi connectivity index (χ2v) is 16.7. The van der Waals surface area contributed by atoms with Crippen LogP contribution in [0.2, 0.25) is 0 Å². The Morgan fingerprint density at radius 3 is 1.44 bits per heavy atom. The van der Waals surface area contributed by atoms with Gasteiger partial charge in [-0.2, -0.15) is 0 Å². The third-order valence-corrected chi connectivity index (χ3v) is 19.0. The van der Waals surface area contributed by atoms with Crippen molar-refractivity contribution in [1.82, 2.24) is 0 Å². The van der Waals surface area contributed by atoms with Crippen LogP contribution in [0.5, 0.6) is 0 Å². The van der Waals surface area contributed by atoms with E-state index < -0.39 is 20.3 Å². The normalized spacial score (nSPS) is 20.6. The van der Waals surface area contributed by atoms with Crippen LogP contribution in [0.25, 0.3) is 0 Å². The zero-order valence-electron chi connectivity index (χ0n) is 14.4. The van der Waals surface area contributed by atoms with Gasteiger partial charge in [0, 0.05) is 0 Å². The average Bonchev–Trinajstić information content (AvgIpc) is 3.31. The summed E-state index contributed by atoms with van der Waals surface area (Å²) < 4.78 is 6.86. The van der Waals surface area contributed by atoms with Crippen molar-refractivity contribution < 1.29 is 20.3 Å². The summed E-state index contributed by atoms with van der Waals surface area (Å²) in [6.45, 7) is 0. The van der Waals surface area contributed by atoms with E-state index in [1.807, 2.05) is 0 Å². The molecular weight excluding hydrogens is 379 g/mol. The molecule has 2 aromatic carbocycles. The van der Waals surface area contributed by atoms with Gasteiger partial charge in [-0.05, 0) is 0 Å². The second-order valence-electron chi connectivity index (χ2n) is 7.20. The molecule has 3 aliphatic rings. The molecule has 122 valence electrons. The summed E-state index contributed by atoms with van der Waals surface area (Å²) in [4.78, 5) is 0. The van der Waals surface area contributed by atoms with E-state index in [9.17, 15) is 0 Å². The van der Waals surface area contributed by atoms with Crippen molar-refractivity contribution in [2.24, 2.45) is 0 Å². The van der Waals surface area contributed by atoms with Crippen molar-refractivity contribution in [3.63, 3.8) is 0 Å². The molecule has 0 aromatic heterocycles. The molecule has 2 aliphatic carbocycles. The molecule has 0 nitrogen and oxygen atoms in total. The van der Waals surface area contributed by atoms with E-state index in [0.717, 1.165) is 12.8 Å². The molecule has 0 atom stereocenters. The number of benzene rings is 2. The summed E-state index contributed by atoms with van der Waals surface area (Å²) in [6, 6.07) is 23.0. The van der Waals surface area contributed by atoms with Crippen LogP contribution >= 0.6 is 0 Å². The van der Waals surface area contributed by atoms with Crippen molar-refractivity contribution in [3.05, 3.63) is 103 Å². The van der Waals surface area contributed by atoms with Gasteiger partial charge in [-0.3, -0.25) is 0 Å². The number of hydrogen-bond acceptors (Lipinski definition) is 0. The topological polar surface area (TPSA) is 0 Å². The third-order valence-electron chi connectivity index (χ3n) is 6.04. The van der Waals surface area contributed by atoms with E-state index in [1.165, 1.54) is 12.8 Å². The Labute approximate surface area is 154 Å². The molecule has 1 aliphatic heterocycles. The minimum absolute atomic E-state index is 1.16. The molecule has 0 saturated carbocycles. The summed E-state index contributed by atoms with van der Waals surface area (Å²) in [7, 11) is 0. The fourth-order valence-corrected chi connectivity index (χ4v) is 19.1. The van der Waals surface area contributed by atoms with Gasteiger partial charge in [0.25, 0.3) is 0 Å². The molecule has 0 radical (unpaired) electrons. The summed E-state index contributed by atoms with van der Waals surface area (Å²) in [5.41, 5.74) is 3.29. The van der Waals surface area contributed by atoms with Gasteiger partial charge in [-0.1, -0.05) is 0 Å². The molecule has 0 saturated heterocycles. The Morgan fingerprint density at radius 1 is 0.560 bits per heavy atom. The fourth-order valence-electron chi connectivity index (χ4n) is 5.05. The van der Waals surface area contributed by atoms with Crippen LogP contribution in [0.15, 0.2) is 103 Å². The van der Waals surface area contributed by atoms with Gasteiger partial charge in [0.05, 0.1) is 0 Å². The van der Waals surface area contributed by atoms with Gasteiger partial charge in [-0.25, -0.2) is 0 Å². The average molecular weight is 402 g/mol. The number of hydrogen-bond donors (Lipinski definition) is 0. The van der Waals surface area contributed by atoms with Crippen LogP contribution in [0.1, 0.15) is 25.7 Å². The van der Waals surface area contributed by atoms with Crippen LogP contribution in [0, 0.1) is 0 Å². The van der Waals surface area contributed by atoms with Gasteiger partial charge >= 0.3 is 155 Å². The molecule has 25 heavy (non-hydrogen) atoms. The zero-order valence-corrected chi connectivity index (χ0v) is 16.9. The predicted octanol–water partition coefficient (Wildman–Crippen LogP) is 5.01. The SMILES string of the molecule is C1=CC2=[C](C1)[Zr]([c]1ccccc1)([c]1ccccc1)[C]1=C(C=CC1)CC2. The van der Waals surface area contributed by atoms with Crippen LogP contribution < -0.4 is 6.54 Å². The van der Waals surface area contributed by atoms with Gasteiger partial charge in [0.1, 0.15) is 0 Å². The van der Waals surface area contributed by atoms with Crippen molar-refractivity contribution >= 4 is 6.54 Å². The molecule has 0 amide bonds. The predicted molar refractivity (Wildman–Crippen MR) is 103 cm³/mol. The summed E-state index contributed by atoms with van der Waals surface area (Å²) in [5, 5.41) is 0. The molecule has 0 unspecified atom stereocenters. The molecule has 5 rings (SSSR count). The summed E-state index contributed by atoms with van der Waals surface area (Å²) >= 11 is -3.13. The molecule has 0 bridgehead atoms. The molecule has 0 fully saturated rings. The molecule has 0 N–H and O–H groups in total. The van der Waals surface area contributed by atoms with E-state index in [0.29, 0.717) is 0 Å². The first-order valence-electron chi connectivity index (χ1n) is 9.30. The second kappa shape index (κ2) is 6.22. The van der Waals surface area contributed by atoms with E-state index in [-0.39, 0.29) is 0 Å². The van der Waals surface area contributed by atoms with Gasteiger partial charge in [0.2, 0.25) is 0 Å². The Balaban J connectivity index is 1.89. The maximum absolute atomic E-state index is 3.13. The van der Waals surface area contributed by atoms with Crippen LogP contribution in [-0.4, -0.2) is 0 Å². The van der Waals surface area contributed by atoms with Crippen molar-refractivity contribution in [2.75, 3.05) is 0 Å². The van der Waals surface area contributed by atoms with Gasteiger partial charge < -0.3 is 0 Å². The van der Waals surface area contributed by atoms with Crippen LogP contribution in [-0.2, 0) is 20.3 Å². The summed E-state index contributed by atoms with van der Waals surface area (Å²) in [6.07, 6.45) is 14.4. The quantitative estimate of drug-likeness (QED) is 0.663. The first-order valence-corrected chi connectivity index (χ1v) is 14.2. The number of allylic oxidation sites excluding steroid dienone is 8. The van der Waals surface area contributed by atoms with Crippen molar-refractivity contribution in [3.8, 4) is 0 Å².